The minimum absolute atomic E-state index is 0.101. The Bertz CT molecular complexity index is 642. The molecule has 1 amide bonds. The van der Waals surface area contributed by atoms with Crippen LogP contribution < -0.4 is 5.73 Å². The van der Waals surface area contributed by atoms with Gasteiger partial charge in [0.05, 0.1) is 25.2 Å². The first kappa shape index (κ1) is 23.8. The molecule has 0 spiro atoms. The number of hydrogen-bond donors (Lipinski definition) is 4. The predicted molar refractivity (Wildman–Crippen MR) is 101 cm³/mol. The van der Waals surface area contributed by atoms with Gasteiger partial charge in [0.1, 0.15) is 0 Å². The van der Waals surface area contributed by atoms with E-state index in [-0.39, 0.29) is 18.4 Å². The van der Waals surface area contributed by atoms with Crippen molar-refractivity contribution in [2.75, 3.05) is 26.2 Å². The van der Waals surface area contributed by atoms with E-state index >= 15 is 0 Å². The minimum Gasteiger partial charge on any atom is -0.473 e. The zero-order chi connectivity index (χ0) is 21.1. The second-order valence-corrected chi connectivity index (χ2v) is 6.84. The standard InChI is InChI=1S/C16H23ClN2O3.C2H2O4/c17-14-5-3-12(4-6-14)10-22-11-15(20)9-19-7-1-2-13(8-19)16(18)21;3-1(4)2(5)6/h3-6,13,15,20H,1-2,7-11H2,(H2,18,21);(H,3,4)(H,5,6). The van der Waals surface area contributed by atoms with Crippen LogP contribution in [0, 0.1) is 5.92 Å². The highest BCUT2D eigenvalue weighted by molar-refractivity contribution is 6.30. The Morgan fingerprint density at radius 1 is 1.21 bits per heavy atom. The van der Waals surface area contributed by atoms with Crippen molar-refractivity contribution < 1.29 is 34.4 Å². The second kappa shape index (κ2) is 12.3. The molecule has 5 N–H and O–H groups in total. The summed E-state index contributed by atoms with van der Waals surface area (Å²) in [4.78, 5) is 31.5. The van der Waals surface area contributed by atoms with E-state index in [1.807, 2.05) is 24.3 Å². The molecule has 2 atom stereocenters. The van der Waals surface area contributed by atoms with Gasteiger partial charge in [0.25, 0.3) is 0 Å². The number of halogens is 1. The molecule has 1 aliphatic rings. The van der Waals surface area contributed by atoms with E-state index in [1.54, 1.807) is 0 Å². The van der Waals surface area contributed by atoms with Crippen molar-refractivity contribution in [2.24, 2.45) is 11.7 Å². The number of carbonyl (C=O) groups excluding carboxylic acids is 1. The van der Waals surface area contributed by atoms with Crippen molar-refractivity contribution >= 4 is 29.4 Å². The number of nitrogens with two attached hydrogens (primary N) is 1. The molecule has 0 saturated carbocycles. The summed E-state index contributed by atoms with van der Waals surface area (Å²) < 4.78 is 5.53. The zero-order valence-electron chi connectivity index (χ0n) is 15.3. The number of piperidine rings is 1. The number of aliphatic hydroxyl groups excluding tert-OH is 1. The van der Waals surface area contributed by atoms with Crippen molar-refractivity contribution in [3.8, 4) is 0 Å². The highest BCUT2D eigenvalue weighted by atomic mass is 35.5. The Balaban J connectivity index is 0.000000568. The molecule has 1 aromatic rings. The Hall–Kier alpha value is -2.20. The maximum atomic E-state index is 11.2. The first-order chi connectivity index (χ1) is 13.2. The summed E-state index contributed by atoms with van der Waals surface area (Å²) in [6, 6.07) is 7.43. The van der Waals surface area contributed by atoms with Gasteiger partial charge < -0.3 is 25.8 Å². The Morgan fingerprint density at radius 3 is 2.36 bits per heavy atom. The first-order valence-corrected chi connectivity index (χ1v) is 9.05. The lowest BCUT2D eigenvalue weighted by molar-refractivity contribution is -0.159. The minimum atomic E-state index is -1.82. The van der Waals surface area contributed by atoms with Crippen molar-refractivity contribution in [1.29, 1.82) is 0 Å². The number of aliphatic hydroxyl groups is 1. The lowest BCUT2D eigenvalue weighted by Gasteiger charge is -2.32. The quantitative estimate of drug-likeness (QED) is 0.471. The molecular formula is C18H25ClN2O7. The first-order valence-electron chi connectivity index (χ1n) is 8.67. The van der Waals surface area contributed by atoms with Crippen LogP contribution in [0.1, 0.15) is 18.4 Å². The number of ether oxygens (including phenoxy) is 1. The highest BCUT2D eigenvalue weighted by Gasteiger charge is 2.25. The van der Waals surface area contributed by atoms with E-state index in [1.165, 1.54) is 0 Å². The summed E-state index contributed by atoms with van der Waals surface area (Å²) in [5, 5.41) is 25.5. The molecule has 0 aliphatic carbocycles. The molecular weight excluding hydrogens is 392 g/mol. The SMILES string of the molecule is NC(=O)C1CCCN(CC(O)COCc2ccc(Cl)cc2)C1.O=C(O)C(=O)O. The van der Waals surface area contributed by atoms with Gasteiger partial charge >= 0.3 is 11.9 Å². The van der Waals surface area contributed by atoms with Crippen LogP contribution in [0.25, 0.3) is 0 Å². The number of nitrogens with zero attached hydrogens (tertiary/aromatic N) is 1. The van der Waals surface area contributed by atoms with E-state index in [9.17, 15) is 9.90 Å². The van der Waals surface area contributed by atoms with Gasteiger partial charge in [-0.1, -0.05) is 23.7 Å². The summed E-state index contributed by atoms with van der Waals surface area (Å²) in [7, 11) is 0. The zero-order valence-corrected chi connectivity index (χ0v) is 16.0. The number of aliphatic carboxylic acids is 2. The predicted octanol–water partition coefficient (Wildman–Crippen LogP) is 0.570. The summed E-state index contributed by atoms with van der Waals surface area (Å²) in [6.45, 7) is 2.73. The molecule has 1 heterocycles. The lowest BCUT2D eigenvalue weighted by Crippen LogP contribution is -2.44. The fraction of sp³-hybridized carbons (Fsp3) is 0.500. The maximum Gasteiger partial charge on any atom is 0.414 e. The third-order valence-corrected chi connectivity index (χ3v) is 4.30. The van der Waals surface area contributed by atoms with Crippen molar-refractivity contribution in [1.82, 2.24) is 4.90 Å². The molecule has 0 aromatic heterocycles. The molecule has 10 heteroatoms. The molecule has 9 nitrogen and oxygen atoms in total. The van der Waals surface area contributed by atoms with Gasteiger partial charge in [0, 0.05) is 18.1 Å². The molecule has 1 saturated heterocycles. The van der Waals surface area contributed by atoms with E-state index in [4.69, 9.17) is 41.9 Å². The maximum absolute atomic E-state index is 11.2. The summed E-state index contributed by atoms with van der Waals surface area (Å²) in [5.74, 6) is -4.00. The van der Waals surface area contributed by atoms with Crippen molar-refractivity contribution in [3.05, 3.63) is 34.9 Å². The Morgan fingerprint density at radius 2 is 1.82 bits per heavy atom. The summed E-state index contributed by atoms with van der Waals surface area (Å²) >= 11 is 5.82. The number of amides is 1. The van der Waals surface area contributed by atoms with Crippen LogP contribution in [0.15, 0.2) is 24.3 Å². The topological polar surface area (TPSA) is 150 Å². The van der Waals surface area contributed by atoms with Crippen LogP contribution in [-0.4, -0.2) is 70.4 Å². The van der Waals surface area contributed by atoms with Gasteiger partial charge in [0.2, 0.25) is 5.91 Å². The number of hydrogen-bond acceptors (Lipinski definition) is 6. The average molecular weight is 417 g/mol. The number of carbonyl (C=O) groups is 3. The van der Waals surface area contributed by atoms with Gasteiger partial charge in [0.15, 0.2) is 0 Å². The third-order valence-electron chi connectivity index (χ3n) is 4.05. The molecule has 0 radical (unpaired) electrons. The van der Waals surface area contributed by atoms with Crippen LogP contribution >= 0.6 is 11.6 Å². The lowest BCUT2D eigenvalue weighted by atomic mass is 9.97. The van der Waals surface area contributed by atoms with Gasteiger partial charge in [-0.2, -0.15) is 0 Å². The van der Waals surface area contributed by atoms with Crippen LogP contribution in [0.2, 0.25) is 5.02 Å². The van der Waals surface area contributed by atoms with Crippen molar-refractivity contribution in [3.63, 3.8) is 0 Å². The number of primary amides is 1. The normalized spacial score (nSPS) is 17.9. The van der Waals surface area contributed by atoms with Gasteiger partial charge in [-0.25, -0.2) is 9.59 Å². The molecule has 0 bridgehead atoms. The van der Waals surface area contributed by atoms with E-state index in [2.05, 4.69) is 4.90 Å². The van der Waals surface area contributed by atoms with Crippen LogP contribution in [0.4, 0.5) is 0 Å². The summed E-state index contributed by atoms with van der Waals surface area (Å²) in [6.07, 6.45) is 1.21. The van der Waals surface area contributed by atoms with Crippen LogP contribution in [0.3, 0.4) is 0 Å². The number of carboxylic acid groups (broad SMARTS) is 2. The molecule has 2 rings (SSSR count). The van der Waals surface area contributed by atoms with Gasteiger partial charge in [-0.15, -0.1) is 0 Å². The van der Waals surface area contributed by atoms with E-state index < -0.39 is 18.0 Å². The largest absolute Gasteiger partial charge is 0.473 e. The van der Waals surface area contributed by atoms with E-state index in [0.29, 0.717) is 24.7 Å². The number of likely N-dealkylation sites (tertiary alicyclic amines) is 1. The number of benzene rings is 1. The van der Waals surface area contributed by atoms with Gasteiger partial charge in [-0.05, 0) is 37.1 Å². The number of β-amino-alcohol motifs (C(OH)–C–C–N with tert-alkyl or cyclic N) is 1. The van der Waals surface area contributed by atoms with E-state index in [0.717, 1.165) is 24.9 Å². The molecule has 156 valence electrons. The summed E-state index contributed by atoms with van der Waals surface area (Å²) in [5.41, 5.74) is 6.37. The number of rotatable bonds is 7. The number of carboxylic acids is 2. The molecule has 1 aromatic carbocycles. The molecule has 28 heavy (non-hydrogen) atoms. The van der Waals surface area contributed by atoms with Crippen molar-refractivity contribution in [2.45, 2.75) is 25.6 Å². The Kier molecular flexibility index (Phi) is 10.5. The fourth-order valence-electron chi connectivity index (χ4n) is 2.70. The molecule has 1 aliphatic heterocycles. The second-order valence-electron chi connectivity index (χ2n) is 6.41. The molecule has 2 unspecified atom stereocenters. The third kappa shape index (κ3) is 9.65. The highest BCUT2D eigenvalue weighted by Crippen LogP contribution is 2.16. The van der Waals surface area contributed by atoms with Gasteiger partial charge in [-0.3, -0.25) is 9.69 Å². The van der Waals surface area contributed by atoms with Crippen LogP contribution in [-0.2, 0) is 25.7 Å². The average Bonchev–Trinajstić information content (AvgIpc) is 2.64. The van der Waals surface area contributed by atoms with Crippen LogP contribution in [0.5, 0.6) is 0 Å². The molecule has 1 fully saturated rings. The smallest absolute Gasteiger partial charge is 0.414 e. The fourth-order valence-corrected chi connectivity index (χ4v) is 2.82. The Labute approximate surface area is 167 Å². The monoisotopic (exact) mass is 416 g/mol.